The maximum atomic E-state index is 13.8. The molecule has 0 aliphatic rings. The maximum Gasteiger partial charge on any atom is 0.435 e. The van der Waals surface area contributed by atoms with Crippen LogP contribution in [0, 0.1) is 11.7 Å². The number of anilines is 1. The van der Waals surface area contributed by atoms with E-state index in [1.54, 1.807) is 18.2 Å². The van der Waals surface area contributed by atoms with Gasteiger partial charge in [-0.3, -0.25) is 4.79 Å². The molecule has 6 nitrogen and oxygen atoms in total. The average molecular weight is 445 g/mol. The molecule has 0 radical (unpaired) electrons. The van der Waals surface area contributed by atoms with Crippen LogP contribution in [-0.4, -0.2) is 25.5 Å². The summed E-state index contributed by atoms with van der Waals surface area (Å²) in [4.78, 5) is 12.7. The highest BCUT2D eigenvalue weighted by Gasteiger charge is 2.42. The second-order valence-corrected chi connectivity index (χ2v) is 7.76. The van der Waals surface area contributed by atoms with E-state index in [2.05, 4.69) is 34.0 Å². The number of carbonyl (C=O) groups excluding carboxylic acids is 1. The van der Waals surface area contributed by atoms with Crippen molar-refractivity contribution in [2.75, 3.05) is 5.32 Å². The fourth-order valence-corrected chi connectivity index (χ4v) is 3.47. The molecule has 0 saturated heterocycles. The molecule has 0 spiro atoms. The summed E-state index contributed by atoms with van der Waals surface area (Å²) >= 11 is 0. The van der Waals surface area contributed by atoms with Crippen molar-refractivity contribution in [3.05, 3.63) is 71.9 Å². The van der Waals surface area contributed by atoms with Crippen LogP contribution in [0.2, 0.25) is 0 Å². The molecule has 2 aromatic heterocycles. The zero-order chi connectivity index (χ0) is 23.0. The molecule has 32 heavy (non-hydrogen) atoms. The van der Waals surface area contributed by atoms with Crippen molar-refractivity contribution in [2.45, 2.75) is 26.6 Å². The van der Waals surface area contributed by atoms with Crippen molar-refractivity contribution in [1.29, 1.82) is 0 Å². The number of alkyl halides is 3. The third kappa shape index (κ3) is 4.20. The summed E-state index contributed by atoms with van der Waals surface area (Å²) in [5.41, 5.74) is -1.01. The van der Waals surface area contributed by atoms with Gasteiger partial charge in [-0.25, -0.2) is 9.07 Å². The van der Waals surface area contributed by atoms with Gasteiger partial charge in [0.2, 0.25) is 0 Å². The molecule has 0 saturated carbocycles. The summed E-state index contributed by atoms with van der Waals surface area (Å²) < 4.78 is 57.0. The summed E-state index contributed by atoms with van der Waals surface area (Å²) in [7, 11) is 0. The Kier molecular flexibility index (Phi) is 5.45. The van der Waals surface area contributed by atoms with E-state index in [0.29, 0.717) is 16.3 Å². The number of halogens is 4. The quantitative estimate of drug-likeness (QED) is 0.425. The van der Waals surface area contributed by atoms with Crippen LogP contribution in [-0.2, 0) is 12.7 Å². The number of aromatic nitrogens is 4. The Labute approximate surface area is 180 Å². The maximum absolute atomic E-state index is 13.8. The lowest BCUT2D eigenvalue weighted by Crippen LogP contribution is -2.21. The third-order valence-corrected chi connectivity index (χ3v) is 4.82. The fraction of sp³-hybridized carbons (Fsp3) is 0.227. The first kappa shape index (κ1) is 21.5. The first-order chi connectivity index (χ1) is 15.1. The largest absolute Gasteiger partial charge is 0.435 e. The molecule has 0 aliphatic carbocycles. The molecule has 0 unspecified atom stereocenters. The lowest BCUT2D eigenvalue weighted by molar-refractivity contribution is -0.143. The first-order valence-corrected chi connectivity index (χ1v) is 9.82. The van der Waals surface area contributed by atoms with E-state index in [0.717, 1.165) is 41.7 Å². The summed E-state index contributed by atoms with van der Waals surface area (Å²) in [6, 6.07) is 11.2. The average Bonchev–Trinajstić information content (AvgIpc) is 3.33. The van der Waals surface area contributed by atoms with Crippen LogP contribution >= 0.6 is 0 Å². The molecule has 2 heterocycles. The second kappa shape index (κ2) is 8.10. The molecule has 0 bridgehead atoms. The molecule has 0 fully saturated rings. The minimum atomic E-state index is -4.91. The van der Waals surface area contributed by atoms with Gasteiger partial charge in [0, 0.05) is 29.3 Å². The first-order valence-electron chi connectivity index (χ1n) is 9.82. The molecule has 10 heteroatoms. The highest BCUT2D eigenvalue weighted by atomic mass is 19.4. The van der Waals surface area contributed by atoms with E-state index in [4.69, 9.17) is 0 Å². The Morgan fingerprint density at radius 3 is 2.47 bits per heavy atom. The normalized spacial score (nSPS) is 12.0. The molecular weight excluding hydrogens is 426 g/mol. The number of fused-ring (bicyclic) bond motifs is 1. The standard InChI is InChI=1S/C22H19F4N5O/c1-13(2)12-30-10-9-14-11-16(5-8-18(14)30)27-21(32)19-20(22(24,25)26)31(29-28-19)17-6-3-15(23)4-7-17/h3-11,13H,12H2,1-2H3,(H,27,32). The van der Waals surface area contributed by atoms with Gasteiger partial charge in [-0.15, -0.1) is 5.10 Å². The van der Waals surface area contributed by atoms with Crippen LogP contribution in [0.4, 0.5) is 23.2 Å². The van der Waals surface area contributed by atoms with Gasteiger partial charge in [-0.05, 0) is 54.4 Å². The minimum Gasteiger partial charge on any atom is -0.347 e. The van der Waals surface area contributed by atoms with Gasteiger partial charge in [-0.2, -0.15) is 13.2 Å². The Bertz CT molecular complexity index is 1270. The molecule has 1 amide bonds. The Morgan fingerprint density at radius 1 is 1.09 bits per heavy atom. The van der Waals surface area contributed by atoms with Crippen LogP contribution in [0.25, 0.3) is 16.6 Å². The molecule has 0 atom stereocenters. The van der Waals surface area contributed by atoms with Crippen molar-refractivity contribution < 1.29 is 22.4 Å². The van der Waals surface area contributed by atoms with Crippen molar-refractivity contribution in [1.82, 2.24) is 19.6 Å². The van der Waals surface area contributed by atoms with Crippen molar-refractivity contribution in [3.8, 4) is 5.69 Å². The molecule has 0 aliphatic heterocycles. The molecular formula is C22H19F4N5O. The van der Waals surface area contributed by atoms with Gasteiger partial charge in [0.25, 0.3) is 5.91 Å². The lowest BCUT2D eigenvalue weighted by Gasteiger charge is -2.12. The highest BCUT2D eigenvalue weighted by molar-refractivity contribution is 6.04. The van der Waals surface area contributed by atoms with Gasteiger partial charge >= 0.3 is 6.18 Å². The number of nitrogens with one attached hydrogen (secondary N) is 1. The summed E-state index contributed by atoms with van der Waals surface area (Å²) in [6.07, 6.45) is -2.99. The van der Waals surface area contributed by atoms with Crippen LogP contribution in [0.5, 0.6) is 0 Å². The molecule has 166 valence electrons. The zero-order valence-electron chi connectivity index (χ0n) is 17.2. The number of rotatable bonds is 5. The summed E-state index contributed by atoms with van der Waals surface area (Å²) in [5.74, 6) is -1.22. The van der Waals surface area contributed by atoms with E-state index in [-0.39, 0.29) is 5.69 Å². The summed E-state index contributed by atoms with van der Waals surface area (Å²) in [6.45, 7) is 5.01. The van der Waals surface area contributed by atoms with Gasteiger partial charge in [-0.1, -0.05) is 19.1 Å². The predicted octanol–water partition coefficient (Wildman–Crippen LogP) is 5.29. The van der Waals surface area contributed by atoms with Gasteiger partial charge in [0.1, 0.15) is 5.82 Å². The van der Waals surface area contributed by atoms with Gasteiger partial charge in [0.05, 0.1) is 5.69 Å². The van der Waals surface area contributed by atoms with Crippen LogP contribution in [0.1, 0.15) is 30.0 Å². The highest BCUT2D eigenvalue weighted by Crippen LogP contribution is 2.33. The van der Waals surface area contributed by atoms with E-state index in [9.17, 15) is 22.4 Å². The molecule has 4 rings (SSSR count). The van der Waals surface area contributed by atoms with Gasteiger partial charge in [0.15, 0.2) is 11.4 Å². The Hall–Kier alpha value is -3.69. The fourth-order valence-electron chi connectivity index (χ4n) is 3.47. The Balaban J connectivity index is 1.65. The third-order valence-electron chi connectivity index (χ3n) is 4.82. The van der Waals surface area contributed by atoms with Crippen molar-refractivity contribution >= 4 is 22.5 Å². The monoisotopic (exact) mass is 445 g/mol. The van der Waals surface area contributed by atoms with Crippen LogP contribution in [0.15, 0.2) is 54.7 Å². The van der Waals surface area contributed by atoms with E-state index in [1.807, 2.05) is 12.3 Å². The van der Waals surface area contributed by atoms with Gasteiger partial charge < -0.3 is 9.88 Å². The number of amides is 1. The topological polar surface area (TPSA) is 64.7 Å². The number of hydrogen-bond acceptors (Lipinski definition) is 3. The second-order valence-electron chi connectivity index (χ2n) is 7.76. The lowest BCUT2D eigenvalue weighted by atomic mass is 10.2. The smallest absolute Gasteiger partial charge is 0.347 e. The predicted molar refractivity (Wildman–Crippen MR) is 111 cm³/mol. The van der Waals surface area contributed by atoms with Crippen LogP contribution in [0.3, 0.4) is 0 Å². The Morgan fingerprint density at radius 2 is 1.81 bits per heavy atom. The minimum absolute atomic E-state index is 0.0711. The van der Waals surface area contributed by atoms with E-state index < -0.39 is 29.3 Å². The van der Waals surface area contributed by atoms with Crippen LogP contribution < -0.4 is 5.32 Å². The molecule has 2 aromatic carbocycles. The number of nitrogens with zero attached hydrogens (tertiary/aromatic N) is 4. The number of benzene rings is 2. The van der Waals surface area contributed by atoms with E-state index in [1.165, 1.54) is 0 Å². The molecule has 1 N–H and O–H groups in total. The number of hydrogen-bond donors (Lipinski definition) is 1. The zero-order valence-corrected chi connectivity index (χ0v) is 17.2. The van der Waals surface area contributed by atoms with Crippen molar-refractivity contribution in [3.63, 3.8) is 0 Å². The summed E-state index contributed by atoms with van der Waals surface area (Å²) in [5, 5.41) is 10.3. The number of carbonyl (C=O) groups is 1. The molecule has 4 aromatic rings. The van der Waals surface area contributed by atoms with Crippen molar-refractivity contribution in [2.24, 2.45) is 5.92 Å². The SMILES string of the molecule is CC(C)Cn1ccc2cc(NC(=O)c3nnn(-c4ccc(F)cc4)c3C(F)(F)F)ccc21. The van der Waals surface area contributed by atoms with E-state index >= 15 is 0 Å².